The Morgan fingerprint density at radius 2 is 1.57 bits per heavy atom. The fourth-order valence-corrected chi connectivity index (χ4v) is 3.30. The molecule has 0 aromatic carbocycles. The van der Waals surface area contributed by atoms with Gasteiger partial charge in [-0.15, -0.1) is 0 Å². The van der Waals surface area contributed by atoms with Crippen molar-refractivity contribution >= 4 is 33.3 Å². The Kier molecular flexibility index (Phi) is 7.09. The summed E-state index contributed by atoms with van der Waals surface area (Å²) < 4.78 is 0. The number of primary amides is 1. The molecule has 0 aliphatic rings. The minimum absolute atomic E-state index is 0.0939. The van der Waals surface area contributed by atoms with Crippen LogP contribution < -0.4 is 5.73 Å². The minimum Gasteiger partial charge on any atom is -0.369 e. The molecule has 5 heteroatoms. The second-order valence-corrected chi connectivity index (χ2v) is 5.94. The van der Waals surface area contributed by atoms with Crippen molar-refractivity contribution in [1.82, 2.24) is 0 Å². The van der Waals surface area contributed by atoms with E-state index in [1.54, 1.807) is 28.5 Å². The summed E-state index contributed by atoms with van der Waals surface area (Å²) in [4.78, 5) is 21.6. The number of Topliss-reactive ketones (excluding diaryl/α,β-unsaturated/α-hetero) is 1. The van der Waals surface area contributed by atoms with E-state index in [1.807, 2.05) is 13.8 Å². The molecule has 82 valence electrons. The molecule has 0 fully saturated rings. The number of carbonyl (C=O) groups excluding carboxylic acids is 2. The van der Waals surface area contributed by atoms with E-state index in [-0.39, 0.29) is 23.5 Å². The predicted molar refractivity (Wildman–Crippen MR) is 63.1 cm³/mol. The van der Waals surface area contributed by atoms with Crippen molar-refractivity contribution in [2.24, 2.45) is 17.6 Å². The van der Waals surface area contributed by atoms with Gasteiger partial charge in [-0.3, -0.25) is 9.59 Å². The molecule has 14 heavy (non-hydrogen) atoms. The summed E-state index contributed by atoms with van der Waals surface area (Å²) in [6.45, 7) is 5.32. The molecule has 0 saturated heterocycles. The molecule has 3 nitrogen and oxygen atoms in total. The number of carbonyl (C=O) groups is 2. The molecule has 0 rings (SSSR count). The van der Waals surface area contributed by atoms with Gasteiger partial charge in [-0.2, -0.15) is 0 Å². The van der Waals surface area contributed by atoms with Crippen LogP contribution in [-0.4, -0.2) is 23.2 Å². The molecule has 0 heterocycles. The van der Waals surface area contributed by atoms with Crippen molar-refractivity contribution < 1.29 is 9.59 Å². The molecule has 0 unspecified atom stereocenters. The van der Waals surface area contributed by atoms with Crippen LogP contribution in [0.4, 0.5) is 0 Å². The highest BCUT2D eigenvalue weighted by Gasteiger charge is 2.10. The van der Waals surface area contributed by atoms with E-state index in [1.165, 1.54) is 0 Å². The quantitative estimate of drug-likeness (QED) is 0.539. The van der Waals surface area contributed by atoms with E-state index in [0.29, 0.717) is 5.75 Å². The molecule has 0 aromatic rings. The van der Waals surface area contributed by atoms with Crippen LogP contribution in [-0.2, 0) is 9.59 Å². The number of hydrogen-bond acceptors (Lipinski definition) is 4. The van der Waals surface area contributed by atoms with Crippen molar-refractivity contribution in [3.8, 4) is 0 Å². The van der Waals surface area contributed by atoms with Gasteiger partial charge in [0.15, 0.2) is 0 Å². The summed E-state index contributed by atoms with van der Waals surface area (Å²) in [6, 6.07) is 0. The summed E-state index contributed by atoms with van der Waals surface area (Å²) in [6.07, 6.45) is 0. The van der Waals surface area contributed by atoms with Gasteiger partial charge in [-0.05, 0) is 6.92 Å². The highest BCUT2D eigenvalue weighted by atomic mass is 33.1. The third kappa shape index (κ3) is 6.32. The minimum atomic E-state index is -0.266. The van der Waals surface area contributed by atoms with Crippen molar-refractivity contribution in [2.75, 3.05) is 11.5 Å². The smallest absolute Gasteiger partial charge is 0.221 e. The van der Waals surface area contributed by atoms with Crippen molar-refractivity contribution in [3.05, 3.63) is 0 Å². The Balaban J connectivity index is 3.47. The lowest BCUT2D eigenvalue weighted by molar-refractivity contribution is -0.121. The fraction of sp³-hybridized carbons (Fsp3) is 0.778. The Morgan fingerprint density at radius 1 is 1.14 bits per heavy atom. The van der Waals surface area contributed by atoms with Crippen molar-refractivity contribution in [2.45, 2.75) is 20.8 Å². The Morgan fingerprint density at radius 3 is 1.93 bits per heavy atom. The lowest BCUT2D eigenvalue weighted by Crippen LogP contribution is -2.22. The number of ketones is 1. The number of rotatable bonds is 7. The monoisotopic (exact) mass is 235 g/mol. The van der Waals surface area contributed by atoms with E-state index < -0.39 is 0 Å². The topological polar surface area (TPSA) is 60.2 Å². The van der Waals surface area contributed by atoms with E-state index in [4.69, 9.17) is 5.73 Å². The predicted octanol–water partition coefficient (Wildman–Crippen LogP) is 1.71. The second-order valence-electron chi connectivity index (χ2n) is 3.38. The van der Waals surface area contributed by atoms with Gasteiger partial charge in [-0.1, -0.05) is 35.4 Å². The van der Waals surface area contributed by atoms with E-state index in [9.17, 15) is 9.59 Å². The van der Waals surface area contributed by atoms with Gasteiger partial charge in [0.2, 0.25) is 5.91 Å². The summed E-state index contributed by atoms with van der Waals surface area (Å²) in [5.74, 6) is 1.45. The van der Waals surface area contributed by atoms with Crippen LogP contribution in [0.2, 0.25) is 0 Å². The maximum Gasteiger partial charge on any atom is 0.221 e. The van der Waals surface area contributed by atoms with Gasteiger partial charge in [0, 0.05) is 23.3 Å². The number of amides is 1. The van der Waals surface area contributed by atoms with Crippen LogP contribution in [0.3, 0.4) is 0 Å². The zero-order valence-electron chi connectivity index (χ0n) is 8.78. The Hall–Kier alpha value is -0.160. The van der Waals surface area contributed by atoms with Crippen LogP contribution in [0.5, 0.6) is 0 Å². The summed E-state index contributed by atoms with van der Waals surface area (Å²) >= 11 is 0. The van der Waals surface area contributed by atoms with E-state index >= 15 is 0 Å². The van der Waals surface area contributed by atoms with Gasteiger partial charge in [-0.25, -0.2) is 0 Å². The molecular weight excluding hydrogens is 218 g/mol. The Bertz CT molecular complexity index is 187. The third-order valence-electron chi connectivity index (χ3n) is 1.90. The standard InChI is InChI=1S/C9H17NO2S2/c1-6(8(3)11)4-13-14-5-7(2)9(10)12/h6-7H,4-5H2,1-3H3,(H2,10,12)/t6-,7-/m0/s1. The first kappa shape index (κ1) is 13.8. The molecule has 0 radical (unpaired) electrons. The van der Waals surface area contributed by atoms with Gasteiger partial charge >= 0.3 is 0 Å². The van der Waals surface area contributed by atoms with Gasteiger partial charge < -0.3 is 5.73 Å². The molecule has 0 aliphatic heterocycles. The van der Waals surface area contributed by atoms with Crippen LogP contribution in [0.15, 0.2) is 0 Å². The first-order chi connectivity index (χ1) is 6.45. The molecular formula is C9H17NO2S2. The molecule has 0 aromatic heterocycles. The van der Waals surface area contributed by atoms with Crippen LogP contribution in [0.1, 0.15) is 20.8 Å². The van der Waals surface area contributed by atoms with Gasteiger partial charge in [0.1, 0.15) is 5.78 Å². The van der Waals surface area contributed by atoms with Gasteiger partial charge in [0.25, 0.3) is 0 Å². The summed E-state index contributed by atoms with van der Waals surface area (Å²) in [5, 5.41) is 0. The van der Waals surface area contributed by atoms with Crippen LogP contribution in [0.25, 0.3) is 0 Å². The average Bonchev–Trinajstić information content (AvgIpc) is 2.11. The highest BCUT2D eigenvalue weighted by Crippen LogP contribution is 2.26. The first-order valence-electron chi connectivity index (χ1n) is 4.49. The molecule has 0 bridgehead atoms. The van der Waals surface area contributed by atoms with E-state index in [0.717, 1.165) is 5.75 Å². The van der Waals surface area contributed by atoms with E-state index in [2.05, 4.69) is 0 Å². The summed E-state index contributed by atoms with van der Waals surface area (Å²) in [7, 11) is 3.22. The largest absolute Gasteiger partial charge is 0.369 e. The van der Waals surface area contributed by atoms with Gasteiger partial charge in [0.05, 0.1) is 0 Å². The summed E-state index contributed by atoms with van der Waals surface area (Å²) in [5.41, 5.74) is 5.11. The zero-order valence-corrected chi connectivity index (χ0v) is 10.4. The molecule has 2 N–H and O–H groups in total. The second kappa shape index (κ2) is 7.17. The normalized spacial score (nSPS) is 14.8. The Labute approximate surface area is 93.0 Å². The lowest BCUT2D eigenvalue weighted by Gasteiger charge is -2.08. The van der Waals surface area contributed by atoms with Crippen LogP contribution >= 0.6 is 21.6 Å². The molecule has 1 amide bonds. The zero-order chi connectivity index (χ0) is 11.1. The van der Waals surface area contributed by atoms with Crippen molar-refractivity contribution in [1.29, 1.82) is 0 Å². The maximum absolute atomic E-state index is 10.9. The van der Waals surface area contributed by atoms with Crippen molar-refractivity contribution in [3.63, 3.8) is 0 Å². The van der Waals surface area contributed by atoms with Crippen LogP contribution in [0, 0.1) is 11.8 Å². The fourth-order valence-electron chi connectivity index (χ4n) is 0.500. The number of nitrogens with two attached hydrogens (primary N) is 1. The highest BCUT2D eigenvalue weighted by molar-refractivity contribution is 8.76. The molecule has 0 saturated carbocycles. The molecule has 0 aliphatic carbocycles. The number of hydrogen-bond donors (Lipinski definition) is 1. The molecule has 2 atom stereocenters. The average molecular weight is 235 g/mol. The first-order valence-corrected chi connectivity index (χ1v) is 6.98. The lowest BCUT2D eigenvalue weighted by atomic mass is 10.1. The molecule has 0 spiro atoms. The SMILES string of the molecule is CC(=O)[C@@H](C)CSSC[C@H](C)C(N)=O. The maximum atomic E-state index is 10.9. The third-order valence-corrected chi connectivity index (χ3v) is 4.65.